The van der Waals surface area contributed by atoms with Crippen LogP contribution in [0.4, 0.5) is 4.39 Å². The van der Waals surface area contributed by atoms with Crippen molar-refractivity contribution in [3.05, 3.63) is 60.1 Å². The average Bonchev–Trinajstić information content (AvgIpc) is 3.37. The molecule has 2 heterocycles. The van der Waals surface area contributed by atoms with Crippen molar-refractivity contribution < 1.29 is 18.3 Å². The van der Waals surface area contributed by atoms with Gasteiger partial charge in [0.05, 0.1) is 13.4 Å². The highest BCUT2D eigenvalue weighted by molar-refractivity contribution is 6.00. The second-order valence-electron chi connectivity index (χ2n) is 7.06. The fourth-order valence-corrected chi connectivity index (χ4v) is 3.68. The maximum absolute atomic E-state index is 13.3. The van der Waals surface area contributed by atoms with Gasteiger partial charge in [0, 0.05) is 41.7 Å². The van der Waals surface area contributed by atoms with Crippen molar-refractivity contribution in [1.29, 1.82) is 0 Å². The zero-order chi connectivity index (χ0) is 19.7. The van der Waals surface area contributed by atoms with E-state index in [1.165, 1.54) is 12.1 Å². The second-order valence-corrected chi connectivity index (χ2v) is 7.06. The Labute approximate surface area is 163 Å². The molecule has 1 aromatic heterocycles. The molecule has 0 unspecified atom stereocenters. The average molecular weight is 379 g/mol. The first kappa shape index (κ1) is 18.3. The summed E-state index contributed by atoms with van der Waals surface area (Å²) in [5.41, 5.74) is 4.09. The minimum atomic E-state index is -0.280. The molecule has 0 N–H and O–H groups in total. The molecule has 0 spiro atoms. The Morgan fingerprint density at radius 1 is 1.18 bits per heavy atom. The number of halogens is 1. The molecule has 1 amide bonds. The summed E-state index contributed by atoms with van der Waals surface area (Å²) in [5, 5.41) is 0.892. The van der Waals surface area contributed by atoms with Gasteiger partial charge in [0.15, 0.2) is 0 Å². The first-order valence-electron chi connectivity index (χ1n) is 9.39. The number of rotatable bonds is 4. The van der Waals surface area contributed by atoms with E-state index in [1.807, 2.05) is 24.0 Å². The number of hydrogen-bond acceptors (Lipinski definition) is 3. The van der Waals surface area contributed by atoms with Crippen LogP contribution in [0.1, 0.15) is 25.3 Å². The number of nitrogens with zero attached hydrogens (tertiary/aromatic N) is 1. The number of amides is 1. The van der Waals surface area contributed by atoms with E-state index in [2.05, 4.69) is 0 Å². The van der Waals surface area contributed by atoms with Gasteiger partial charge >= 0.3 is 0 Å². The molecule has 0 atom stereocenters. The zero-order valence-electron chi connectivity index (χ0n) is 16.0. The van der Waals surface area contributed by atoms with Crippen molar-refractivity contribution >= 4 is 22.4 Å². The van der Waals surface area contributed by atoms with Gasteiger partial charge in [0.25, 0.3) is 0 Å². The van der Waals surface area contributed by atoms with E-state index >= 15 is 0 Å². The molecule has 0 saturated carbocycles. The predicted molar refractivity (Wildman–Crippen MR) is 108 cm³/mol. The minimum absolute atomic E-state index is 0.0306. The smallest absolute Gasteiger partial charge is 0.246 e. The number of ether oxygens (including phenoxy) is 1. The Morgan fingerprint density at radius 2 is 1.89 bits per heavy atom. The maximum Gasteiger partial charge on any atom is 0.246 e. The van der Waals surface area contributed by atoms with Crippen molar-refractivity contribution in [2.45, 2.75) is 19.8 Å². The highest BCUT2D eigenvalue weighted by Gasteiger charge is 2.18. The minimum Gasteiger partial charge on any atom is -0.496 e. The summed E-state index contributed by atoms with van der Waals surface area (Å²) in [4.78, 5) is 14.4. The lowest BCUT2D eigenvalue weighted by molar-refractivity contribution is -0.124. The fourth-order valence-electron chi connectivity index (χ4n) is 3.68. The zero-order valence-corrected chi connectivity index (χ0v) is 16.0. The van der Waals surface area contributed by atoms with E-state index in [9.17, 15) is 9.18 Å². The summed E-state index contributed by atoms with van der Waals surface area (Å²) in [7, 11) is 1.60. The van der Waals surface area contributed by atoms with Gasteiger partial charge in [-0.1, -0.05) is 12.1 Å². The number of furan rings is 1. The number of methoxy groups -OCH3 is 1. The van der Waals surface area contributed by atoms with Gasteiger partial charge in [-0.05, 0) is 49.1 Å². The Morgan fingerprint density at radius 3 is 2.57 bits per heavy atom. The highest BCUT2D eigenvalue weighted by Crippen LogP contribution is 2.37. The highest BCUT2D eigenvalue weighted by atomic mass is 19.1. The molecule has 1 aliphatic rings. The molecular formula is C23H22FNO3. The summed E-state index contributed by atoms with van der Waals surface area (Å²) in [5.74, 6) is 0.400. The van der Waals surface area contributed by atoms with E-state index in [-0.39, 0.29) is 11.7 Å². The summed E-state index contributed by atoms with van der Waals surface area (Å²) < 4.78 is 24.5. The van der Waals surface area contributed by atoms with Gasteiger partial charge in [-0.2, -0.15) is 0 Å². The van der Waals surface area contributed by atoms with Gasteiger partial charge in [-0.15, -0.1) is 0 Å². The van der Waals surface area contributed by atoms with E-state index < -0.39 is 0 Å². The third-order valence-corrected chi connectivity index (χ3v) is 5.23. The van der Waals surface area contributed by atoms with Crippen LogP contribution in [0.2, 0.25) is 0 Å². The summed E-state index contributed by atoms with van der Waals surface area (Å²) in [6.45, 7) is 3.54. The molecule has 2 aromatic carbocycles. The Hall–Kier alpha value is -3.08. The van der Waals surface area contributed by atoms with Crippen LogP contribution in [-0.2, 0) is 4.79 Å². The number of fused-ring (bicyclic) bond motifs is 1. The first-order chi connectivity index (χ1) is 13.6. The SMILES string of the molecule is COc1cc2occ(-c3ccc(F)cc3)c2cc1/C(C)=C/C(=O)N1CCCC1. The van der Waals surface area contributed by atoms with E-state index in [0.717, 1.165) is 53.6 Å². The monoisotopic (exact) mass is 379 g/mol. The predicted octanol–water partition coefficient (Wildman–Crippen LogP) is 5.27. The Bertz CT molecular complexity index is 1040. The molecule has 1 aliphatic heterocycles. The van der Waals surface area contributed by atoms with Crippen LogP contribution in [0.5, 0.6) is 5.75 Å². The summed E-state index contributed by atoms with van der Waals surface area (Å²) >= 11 is 0. The van der Waals surface area contributed by atoms with Gasteiger partial charge in [0.2, 0.25) is 5.91 Å². The molecule has 28 heavy (non-hydrogen) atoms. The summed E-state index contributed by atoms with van der Waals surface area (Å²) in [6, 6.07) is 10.1. The van der Waals surface area contributed by atoms with Gasteiger partial charge in [0.1, 0.15) is 17.1 Å². The summed E-state index contributed by atoms with van der Waals surface area (Å²) in [6.07, 6.45) is 5.45. The third-order valence-electron chi connectivity index (χ3n) is 5.23. The van der Waals surface area contributed by atoms with Crippen LogP contribution < -0.4 is 4.74 Å². The van der Waals surface area contributed by atoms with Gasteiger partial charge in [-0.25, -0.2) is 4.39 Å². The molecule has 0 bridgehead atoms. The number of carbonyl (C=O) groups excluding carboxylic acids is 1. The maximum atomic E-state index is 13.3. The van der Waals surface area contributed by atoms with Crippen LogP contribution >= 0.6 is 0 Å². The van der Waals surface area contributed by atoms with Crippen LogP contribution in [0.15, 0.2) is 53.2 Å². The normalized spacial score (nSPS) is 14.7. The van der Waals surface area contributed by atoms with Crippen molar-refractivity contribution in [3.63, 3.8) is 0 Å². The fraction of sp³-hybridized carbons (Fsp3) is 0.261. The van der Waals surface area contributed by atoms with Crippen LogP contribution in [0, 0.1) is 5.82 Å². The lowest BCUT2D eigenvalue weighted by Gasteiger charge is -2.14. The molecular weight excluding hydrogens is 357 g/mol. The van der Waals surface area contributed by atoms with E-state index in [4.69, 9.17) is 9.15 Å². The third kappa shape index (κ3) is 3.40. The second kappa shape index (κ2) is 7.50. The van der Waals surface area contributed by atoms with E-state index in [0.29, 0.717) is 11.3 Å². The Kier molecular flexibility index (Phi) is 4.90. The van der Waals surface area contributed by atoms with Crippen molar-refractivity contribution in [1.82, 2.24) is 4.90 Å². The number of allylic oxidation sites excluding steroid dienone is 1. The molecule has 1 saturated heterocycles. The quantitative estimate of drug-likeness (QED) is 0.580. The number of hydrogen-bond donors (Lipinski definition) is 0. The lowest BCUT2D eigenvalue weighted by Crippen LogP contribution is -2.25. The van der Waals surface area contributed by atoms with Crippen LogP contribution in [-0.4, -0.2) is 31.0 Å². The van der Waals surface area contributed by atoms with E-state index in [1.54, 1.807) is 31.6 Å². The van der Waals surface area contributed by atoms with Crippen LogP contribution in [0.25, 0.3) is 27.7 Å². The first-order valence-corrected chi connectivity index (χ1v) is 9.39. The molecule has 0 radical (unpaired) electrons. The van der Waals surface area contributed by atoms with Crippen LogP contribution in [0.3, 0.4) is 0 Å². The van der Waals surface area contributed by atoms with Gasteiger partial charge in [-0.3, -0.25) is 4.79 Å². The van der Waals surface area contributed by atoms with Crippen molar-refractivity contribution in [2.75, 3.05) is 20.2 Å². The van der Waals surface area contributed by atoms with Crippen molar-refractivity contribution in [3.8, 4) is 16.9 Å². The molecule has 5 heteroatoms. The largest absolute Gasteiger partial charge is 0.496 e. The molecule has 144 valence electrons. The molecule has 4 rings (SSSR count). The topological polar surface area (TPSA) is 42.7 Å². The standard InChI is InChI=1S/C23H22FNO3/c1-15(11-23(26)25-9-3-4-10-25)18-12-19-20(16-5-7-17(24)8-6-16)14-28-22(19)13-21(18)27-2/h5-8,11-14H,3-4,9-10H2,1-2H3/b15-11+. The lowest BCUT2D eigenvalue weighted by atomic mass is 9.99. The molecule has 1 fully saturated rings. The number of benzene rings is 2. The molecule has 0 aliphatic carbocycles. The number of likely N-dealkylation sites (tertiary alicyclic amines) is 1. The number of carbonyl (C=O) groups is 1. The van der Waals surface area contributed by atoms with Gasteiger partial charge < -0.3 is 14.1 Å². The molecule has 3 aromatic rings. The molecule has 4 nitrogen and oxygen atoms in total. The Balaban J connectivity index is 1.77. The van der Waals surface area contributed by atoms with Crippen molar-refractivity contribution in [2.24, 2.45) is 0 Å².